The van der Waals surface area contributed by atoms with E-state index in [0.29, 0.717) is 6.61 Å². The van der Waals surface area contributed by atoms with Crippen molar-refractivity contribution in [2.45, 2.75) is 19.2 Å². The molecule has 2 aromatic carbocycles. The van der Waals surface area contributed by atoms with Crippen LogP contribution < -0.4 is 9.47 Å². The average molecular weight is 291 g/mol. The standard InChI is InChI=1S/C17H19ClO2/c1-4-20-16-10-9-12(2)11-14(16)17(18)13-7-5-6-8-15(13)19-3/h5-11,17H,4H2,1-3H3. The molecule has 0 spiro atoms. The maximum atomic E-state index is 6.67. The van der Waals surface area contributed by atoms with Crippen LogP contribution in [0.3, 0.4) is 0 Å². The van der Waals surface area contributed by atoms with Crippen molar-refractivity contribution >= 4 is 11.6 Å². The molecular formula is C17H19ClO2. The molecule has 0 aliphatic heterocycles. The third kappa shape index (κ3) is 3.07. The Morgan fingerprint density at radius 3 is 2.50 bits per heavy atom. The molecule has 2 rings (SSSR count). The first-order valence-electron chi connectivity index (χ1n) is 6.67. The van der Waals surface area contributed by atoms with Gasteiger partial charge in [-0.3, -0.25) is 0 Å². The fourth-order valence-electron chi connectivity index (χ4n) is 2.20. The fourth-order valence-corrected chi connectivity index (χ4v) is 2.55. The SMILES string of the molecule is CCOc1ccc(C)cc1C(Cl)c1ccccc1OC. The summed E-state index contributed by atoms with van der Waals surface area (Å²) >= 11 is 6.67. The van der Waals surface area contributed by atoms with Gasteiger partial charge in [-0.25, -0.2) is 0 Å². The van der Waals surface area contributed by atoms with Gasteiger partial charge in [-0.15, -0.1) is 11.6 Å². The van der Waals surface area contributed by atoms with E-state index in [1.165, 1.54) is 0 Å². The number of aryl methyl sites for hydroxylation is 1. The lowest BCUT2D eigenvalue weighted by molar-refractivity contribution is 0.336. The summed E-state index contributed by atoms with van der Waals surface area (Å²) < 4.78 is 11.1. The Balaban J connectivity index is 2.46. The highest BCUT2D eigenvalue weighted by atomic mass is 35.5. The van der Waals surface area contributed by atoms with E-state index in [2.05, 4.69) is 6.07 Å². The van der Waals surface area contributed by atoms with Crippen LogP contribution in [0.1, 0.15) is 29.0 Å². The molecule has 2 nitrogen and oxygen atoms in total. The largest absolute Gasteiger partial charge is 0.496 e. The molecule has 0 aromatic heterocycles. The van der Waals surface area contributed by atoms with Crippen LogP contribution >= 0.6 is 11.6 Å². The highest BCUT2D eigenvalue weighted by molar-refractivity contribution is 6.23. The molecule has 0 aliphatic carbocycles. The molecule has 3 heteroatoms. The molecule has 0 fully saturated rings. The number of benzene rings is 2. The van der Waals surface area contributed by atoms with Crippen molar-refractivity contribution in [3.63, 3.8) is 0 Å². The first kappa shape index (κ1) is 14.7. The molecule has 1 atom stereocenters. The van der Waals surface area contributed by atoms with E-state index < -0.39 is 0 Å². The van der Waals surface area contributed by atoms with E-state index in [9.17, 15) is 0 Å². The summed E-state index contributed by atoms with van der Waals surface area (Å²) in [4.78, 5) is 0. The minimum atomic E-state index is -0.299. The highest BCUT2D eigenvalue weighted by Crippen LogP contribution is 2.39. The zero-order valence-corrected chi connectivity index (χ0v) is 12.8. The molecule has 0 heterocycles. The normalized spacial score (nSPS) is 12.0. The van der Waals surface area contributed by atoms with E-state index >= 15 is 0 Å². The Kier molecular flexibility index (Phi) is 4.91. The van der Waals surface area contributed by atoms with Gasteiger partial charge in [0.1, 0.15) is 11.5 Å². The average Bonchev–Trinajstić information content (AvgIpc) is 2.48. The molecule has 0 saturated heterocycles. The van der Waals surface area contributed by atoms with Crippen LogP contribution in [0.15, 0.2) is 42.5 Å². The van der Waals surface area contributed by atoms with Crippen molar-refractivity contribution in [1.29, 1.82) is 0 Å². The molecule has 106 valence electrons. The Morgan fingerprint density at radius 1 is 1.05 bits per heavy atom. The molecule has 0 amide bonds. The second kappa shape index (κ2) is 6.67. The number of para-hydroxylation sites is 1. The smallest absolute Gasteiger partial charge is 0.124 e. The molecule has 0 aliphatic rings. The van der Waals surface area contributed by atoms with Crippen molar-refractivity contribution in [3.05, 3.63) is 59.2 Å². The van der Waals surface area contributed by atoms with Crippen LogP contribution in [-0.2, 0) is 0 Å². The minimum Gasteiger partial charge on any atom is -0.496 e. The molecule has 2 aromatic rings. The predicted octanol–water partition coefficient (Wildman–Crippen LogP) is 4.73. The van der Waals surface area contributed by atoms with Gasteiger partial charge in [-0.05, 0) is 26.0 Å². The molecule has 0 bridgehead atoms. The number of hydrogen-bond donors (Lipinski definition) is 0. The van der Waals surface area contributed by atoms with Gasteiger partial charge in [0.25, 0.3) is 0 Å². The van der Waals surface area contributed by atoms with Crippen molar-refractivity contribution in [2.75, 3.05) is 13.7 Å². The van der Waals surface area contributed by atoms with Gasteiger partial charge in [0.2, 0.25) is 0 Å². The Labute approximate surface area is 125 Å². The zero-order chi connectivity index (χ0) is 14.5. The molecule has 0 saturated carbocycles. The van der Waals surface area contributed by atoms with Crippen LogP contribution in [-0.4, -0.2) is 13.7 Å². The summed E-state index contributed by atoms with van der Waals surface area (Å²) in [5.41, 5.74) is 3.07. The second-order valence-electron chi connectivity index (χ2n) is 4.58. The van der Waals surface area contributed by atoms with Crippen LogP contribution in [0.5, 0.6) is 11.5 Å². The zero-order valence-electron chi connectivity index (χ0n) is 12.0. The third-order valence-electron chi connectivity index (χ3n) is 3.15. The second-order valence-corrected chi connectivity index (χ2v) is 5.02. The van der Waals surface area contributed by atoms with Crippen molar-refractivity contribution < 1.29 is 9.47 Å². The maximum Gasteiger partial charge on any atom is 0.124 e. The van der Waals surface area contributed by atoms with Crippen molar-refractivity contribution in [3.8, 4) is 11.5 Å². The molecule has 20 heavy (non-hydrogen) atoms. The first-order valence-corrected chi connectivity index (χ1v) is 7.11. The third-order valence-corrected chi connectivity index (χ3v) is 3.62. The lowest BCUT2D eigenvalue weighted by atomic mass is 10.0. The summed E-state index contributed by atoms with van der Waals surface area (Å²) in [7, 11) is 1.65. The van der Waals surface area contributed by atoms with Crippen LogP contribution in [0, 0.1) is 6.92 Å². The topological polar surface area (TPSA) is 18.5 Å². The molecular weight excluding hydrogens is 272 g/mol. The van der Waals surface area contributed by atoms with E-state index in [4.69, 9.17) is 21.1 Å². The van der Waals surface area contributed by atoms with Gasteiger partial charge in [-0.2, -0.15) is 0 Å². The van der Waals surface area contributed by atoms with Gasteiger partial charge < -0.3 is 9.47 Å². The van der Waals surface area contributed by atoms with E-state index in [-0.39, 0.29) is 5.38 Å². The van der Waals surface area contributed by atoms with Gasteiger partial charge in [0, 0.05) is 11.1 Å². The van der Waals surface area contributed by atoms with E-state index in [0.717, 1.165) is 28.2 Å². The number of rotatable bonds is 5. The van der Waals surface area contributed by atoms with Gasteiger partial charge >= 0.3 is 0 Å². The van der Waals surface area contributed by atoms with Gasteiger partial charge in [0.15, 0.2) is 0 Å². The van der Waals surface area contributed by atoms with Crippen LogP contribution in [0.2, 0.25) is 0 Å². The number of alkyl halides is 1. The number of ether oxygens (including phenoxy) is 2. The first-order chi connectivity index (χ1) is 9.67. The number of halogens is 1. The maximum absolute atomic E-state index is 6.67. The van der Waals surface area contributed by atoms with Crippen LogP contribution in [0.4, 0.5) is 0 Å². The highest BCUT2D eigenvalue weighted by Gasteiger charge is 2.19. The lowest BCUT2D eigenvalue weighted by Crippen LogP contribution is -2.02. The Bertz CT molecular complexity index is 581. The number of methoxy groups -OCH3 is 1. The van der Waals surface area contributed by atoms with E-state index in [1.54, 1.807) is 7.11 Å². The minimum absolute atomic E-state index is 0.299. The lowest BCUT2D eigenvalue weighted by Gasteiger charge is -2.18. The Morgan fingerprint density at radius 2 is 1.80 bits per heavy atom. The quantitative estimate of drug-likeness (QED) is 0.741. The molecule has 0 radical (unpaired) electrons. The van der Waals surface area contributed by atoms with E-state index in [1.807, 2.05) is 50.2 Å². The molecule has 0 N–H and O–H groups in total. The summed E-state index contributed by atoms with van der Waals surface area (Å²) in [5, 5.41) is -0.299. The predicted molar refractivity (Wildman–Crippen MR) is 83.0 cm³/mol. The van der Waals surface area contributed by atoms with Gasteiger partial charge in [-0.1, -0.05) is 35.9 Å². The fraction of sp³-hybridized carbons (Fsp3) is 0.294. The van der Waals surface area contributed by atoms with Crippen molar-refractivity contribution in [1.82, 2.24) is 0 Å². The summed E-state index contributed by atoms with van der Waals surface area (Å²) in [6, 6.07) is 13.9. The Hall–Kier alpha value is -1.67. The summed E-state index contributed by atoms with van der Waals surface area (Å²) in [6.45, 7) is 4.63. The summed E-state index contributed by atoms with van der Waals surface area (Å²) in [5.74, 6) is 1.61. The van der Waals surface area contributed by atoms with Crippen molar-refractivity contribution in [2.24, 2.45) is 0 Å². The van der Waals surface area contributed by atoms with Gasteiger partial charge in [0.05, 0.1) is 19.1 Å². The number of hydrogen-bond acceptors (Lipinski definition) is 2. The monoisotopic (exact) mass is 290 g/mol. The summed E-state index contributed by atoms with van der Waals surface area (Å²) in [6.07, 6.45) is 0. The van der Waals surface area contributed by atoms with Crippen LogP contribution in [0.25, 0.3) is 0 Å². The molecule has 1 unspecified atom stereocenters.